The molecule has 38 heavy (non-hydrogen) atoms. The molecular weight excluding hydrogens is 502 g/mol. The Morgan fingerprint density at radius 3 is 2.24 bits per heavy atom. The first kappa shape index (κ1) is 28.4. The zero-order valence-electron chi connectivity index (χ0n) is 20.9. The van der Waals surface area contributed by atoms with Crippen LogP contribution < -0.4 is 9.47 Å². The molecule has 0 unspecified atom stereocenters. The zero-order chi connectivity index (χ0) is 27.3. The molecule has 202 valence electrons. The number of furan rings is 1. The molecule has 0 aliphatic rings. The van der Waals surface area contributed by atoms with E-state index in [1.807, 2.05) is 13.0 Å². The number of hydrogen-bond donors (Lipinski definition) is 0. The van der Waals surface area contributed by atoms with Crippen molar-refractivity contribution in [2.75, 3.05) is 33.0 Å². The van der Waals surface area contributed by atoms with Gasteiger partial charge in [-0.2, -0.15) is 0 Å². The molecule has 2 aromatic carbocycles. The van der Waals surface area contributed by atoms with Crippen LogP contribution in [0, 0.1) is 18.6 Å². The van der Waals surface area contributed by atoms with E-state index in [2.05, 4.69) is 6.58 Å². The van der Waals surface area contributed by atoms with Crippen LogP contribution in [-0.4, -0.2) is 45.0 Å². The second kappa shape index (κ2) is 14.5. The molecule has 1 aromatic heterocycles. The van der Waals surface area contributed by atoms with Crippen LogP contribution >= 0.6 is 0 Å². The van der Waals surface area contributed by atoms with Crippen LogP contribution in [0.1, 0.15) is 17.7 Å². The molecule has 3 rings (SSSR count). The number of aryl methyl sites for hydroxylation is 1. The average molecular weight is 531 g/mol. The van der Waals surface area contributed by atoms with E-state index < -0.39 is 29.3 Å². The molecule has 8 nitrogen and oxygen atoms in total. The van der Waals surface area contributed by atoms with Crippen LogP contribution in [0.4, 0.5) is 8.78 Å². The van der Waals surface area contributed by atoms with Crippen molar-refractivity contribution in [1.82, 2.24) is 0 Å². The fourth-order valence-electron chi connectivity index (χ4n) is 3.26. The summed E-state index contributed by atoms with van der Waals surface area (Å²) in [4.78, 5) is 22.8. The van der Waals surface area contributed by atoms with Crippen molar-refractivity contribution in [3.63, 3.8) is 0 Å². The van der Waals surface area contributed by atoms with Gasteiger partial charge in [0.1, 0.15) is 37.9 Å². The predicted molar refractivity (Wildman–Crippen MR) is 133 cm³/mol. The van der Waals surface area contributed by atoms with Crippen molar-refractivity contribution < 1.29 is 46.5 Å². The summed E-state index contributed by atoms with van der Waals surface area (Å²) in [6.45, 7) is 5.48. The second-order valence-electron chi connectivity index (χ2n) is 7.95. The van der Waals surface area contributed by atoms with E-state index in [9.17, 15) is 18.4 Å². The van der Waals surface area contributed by atoms with Gasteiger partial charge in [0.15, 0.2) is 17.4 Å². The maximum Gasteiger partial charge on any atom is 0.330 e. The number of hydrogen-bond acceptors (Lipinski definition) is 8. The molecule has 0 saturated carbocycles. The topological polar surface area (TPSA) is 93.4 Å². The van der Waals surface area contributed by atoms with Gasteiger partial charge in [-0.25, -0.2) is 13.6 Å². The third-order valence-corrected chi connectivity index (χ3v) is 5.05. The van der Waals surface area contributed by atoms with Crippen molar-refractivity contribution in [2.24, 2.45) is 0 Å². The van der Waals surface area contributed by atoms with Crippen LogP contribution in [0.2, 0.25) is 0 Å². The van der Waals surface area contributed by atoms with Crippen LogP contribution in [0.3, 0.4) is 0 Å². The smallest absolute Gasteiger partial charge is 0.330 e. The van der Waals surface area contributed by atoms with Crippen LogP contribution in [0.5, 0.6) is 11.5 Å². The highest BCUT2D eigenvalue weighted by atomic mass is 19.1. The van der Waals surface area contributed by atoms with Gasteiger partial charge in [0.2, 0.25) is 0 Å². The summed E-state index contributed by atoms with van der Waals surface area (Å²) in [6.07, 6.45) is 2.70. The lowest BCUT2D eigenvalue weighted by atomic mass is 10.0. The number of halogens is 2. The van der Waals surface area contributed by atoms with Gasteiger partial charge in [0.05, 0.1) is 25.9 Å². The molecule has 1 heterocycles. The number of benzene rings is 2. The SMILES string of the molecule is C=CC(=O)OCCOc1c(F)cc(-c2ccc(OCCOC(=O)CCOCc3coc(C)c3)cc2)cc1F. The van der Waals surface area contributed by atoms with Crippen molar-refractivity contribution in [1.29, 1.82) is 0 Å². The minimum Gasteiger partial charge on any atom is -0.490 e. The predicted octanol–water partition coefficient (Wildman–Crippen LogP) is 5.17. The van der Waals surface area contributed by atoms with Gasteiger partial charge >= 0.3 is 11.9 Å². The Kier molecular flexibility index (Phi) is 10.9. The minimum absolute atomic E-state index is 0.0617. The summed E-state index contributed by atoms with van der Waals surface area (Å²) in [5, 5.41) is 0. The summed E-state index contributed by atoms with van der Waals surface area (Å²) in [5.74, 6) is -2.10. The highest BCUT2D eigenvalue weighted by molar-refractivity contribution is 5.81. The lowest BCUT2D eigenvalue weighted by Crippen LogP contribution is -2.13. The van der Waals surface area contributed by atoms with Gasteiger partial charge in [0, 0.05) is 11.6 Å². The lowest BCUT2D eigenvalue weighted by Gasteiger charge is -2.11. The van der Waals surface area contributed by atoms with Crippen LogP contribution in [-0.2, 0) is 30.4 Å². The number of ether oxygens (including phenoxy) is 5. The molecular formula is C28H28F2O8. The molecule has 0 aliphatic heterocycles. The molecule has 0 radical (unpaired) electrons. The first-order valence-corrected chi connectivity index (χ1v) is 11.8. The average Bonchev–Trinajstić information content (AvgIpc) is 3.33. The molecule has 3 aromatic rings. The third kappa shape index (κ3) is 9.04. The first-order chi connectivity index (χ1) is 18.4. The molecule has 0 saturated heterocycles. The maximum atomic E-state index is 14.4. The number of esters is 2. The minimum atomic E-state index is -0.890. The summed E-state index contributed by atoms with van der Waals surface area (Å²) in [6, 6.07) is 10.7. The van der Waals surface area contributed by atoms with Crippen molar-refractivity contribution in [3.8, 4) is 22.6 Å². The second-order valence-corrected chi connectivity index (χ2v) is 7.95. The fourth-order valence-corrected chi connectivity index (χ4v) is 3.26. The van der Waals surface area contributed by atoms with Crippen LogP contribution in [0.25, 0.3) is 11.1 Å². The molecule has 0 aliphatic carbocycles. The summed E-state index contributed by atoms with van der Waals surface area (Å²) in [7, 11) is 0. The summed E-state index contributed by atoms with van der Waals surface area (Å²) < 4.78 is 59.8. The fraction of sp³-hybridized carbons (Fsp3) is 0.286. The van der Waals surface area contributed by atoms with Crippen molar-refractivity contribution >= 4 is 11.9 Å². The van der Waals surface area contributed by atoms with E-state index in [0.717, 1.165) is 29.5 Å². The number of carbonyl (C=O) groups is 2. The quantitative estimate of drug-likeness (QED) is 0.151. The maximum absolute atomic E-state index is 14.4. The largest absolute Gasteiger partial charge is 0.490 e. The Morgan fingerprint density at radius 1 is 0.895 bits per heavy atom. The van der Waals surface area contributed by atoms with Gasteiger partial charge in [-0.05, 0) is 48.4 Å². The Bertz CT molecular complexity index is 1200. The van der Waals surface area contributed by atoms with Crippen molar-refractivity contribution in [2.45, 2.75) is 20.0 Å². The van der Waals surface area contributed by atoms with E-state index in [0.29, 0.717) is 23.5 Å². The first-order valence-electron chi connectivity index (χ1n) is 11.8. The van der Waals surface area contributed by atoms with Gasteiger partial charge in [-0.3, -0.25) is 4.79 Å². The van der Waals surface area contributed by atoms with E-state index in [-0.39, 0.29) is 39.5 Å². The van der Waals surface area contributed by atoms with Gasteiger partial charge in [0.25, 0.3) is 0 Å². The van der Waals surface area contributed by atoms with E-state index in [4.69, 9.17) is 28.1 Å². The third-order valence-electron chi connectivity index (χ3n) is 5.05. The standard InChI is InChI=1S/C28H28F2O8/c1-3-26(31)35-12-13-37-28-24(29)15-22(16-25(28)30)21-4-6-23(7-5-21)34-10-11-36-27(32)8-9-33-17-20-14-19(2)38-18-20/h3-7,14-16,18H,1,8-13,17H2,2H3. The molecule has 0 atom stereocenters. The Labute approximate surface area is 218 Å². The van der Waals surface area contributed by atoms with E-state index >= 15 is 0 Å². The lowest BCUT2D eigenvalue weighted by molar-refractivity contribution is -0.145. The Hall–Kier alpha value is -4.18. The highest BCUT2D eigenvalue weighted by Crippen LogP contribution is 2.30. The Balaban J connectivity index is 1.37. The van der Waals surface area contributed by atoms with Gasteiger partial charge < -0.3 is 28.1 Å². The zero-order valence-corrected chi connectivity index (χ0v) is 20.9. The Morgan fingerprint density at radius 2 is 1.58 bits per heavy atom. The molecule has 0 bridgehead atoms. The number of rotatable bonds is 15. The van der Waals surface area contributed by atoms with E-state index in [1.54, 1.807) is 30.5 Å². The molecule has 0 spiro atoms. The van der Waals surface area contributed by atoms with Crippen molar-refractivity contribution in [3.05, 3.63) is 84.3 Å². The summed E-state index contributed by atoms with van der Waals surface area (Å²) in [5.41, 5.74) is 1.76. The van der Waals surface area contributed by atoms with Crippen LogP contribution in [0.15, 0.2) is 65.8 Å². The van der Waals surface area contributed by atoms with Gasteiger partial charge in [-0.1, -0.05) is 18.7 Å². The molecule has 10 heteroatoms. The highest BCUT2D eigenvalue weighted by Gasteiger charge is 2.14. The number of carbonyl (C=O) groups excluding carboxylic acids is 2. The molecule has 0 amide bonds. The normalized spacial score (nSPS) is 10.6. The van der Waals surface area contributed by atoms with Gasteiger partial charge in [-0.15, -0.1) is 0 Å². The summed E-state index contributed by atoms with van der Waals surface area (Å²) >= 11 is 0. The monoisotopic (exact) mass is 530 g/mol. The molecule has 0 N–H and O–H groups in total. The van der Waals surface area contributed by atoms with E-state index in [1.165, 1.54) is 0 Å². The molecule has 0 fully saturated rings.